The van der Waals surface area contributed by atoms with Crippen LogP contribution < -0.4 is 0 Å². The van der Waals surface area contributed by atoms with E-state index in [0.29, 0.717) is 0 Å². The first-order chi connectivity index (χ1) is 9.20. The fourth-order valence-corrected chi connectivity index (χ4v) is 2.38. The van der Waals surface area contributed by atoms with Gasteiger partial charge in [-0.3, -0.25) is 4.90 Å². The Hall–Kier alpha value is -1.66. The minimum Gasteiger partial charge on any atom is -0.348 e. The van der Waals surface area contributed by atoms with Crippen molar-refractivity contribution in [1.82, 2.24) is 24.3 Å². The van der Waals surface area contributed by atoms with Gasteiger partial charge in [0.2, 0.25) is 0 Å². The highest BCUT2D eigenvalue weighted by Crippen LogP contribution is 2.14. The lowest BCUT2D eigenvalue weighted by molar-refractivity contribution is 0.308. The van der Waals surface area contributed by atoms with Crippen LogP contribution in [0.1, 0.15) is 11.5 Å². The first kappa shape index (κ1) is 12.4. The number of nitrogens with zero attached hydrogens (tertiary/aromatic N) is 4. The van der Waals surface area contributed by atoms with Crippen molar-refractivity contribution in [3.63, 3.8) is 0 Å². The second kappa shape index (κ2) is 5.14. The first-order valence-corrected chi connectivity index (χ1v) is 6.80. The number of rotatable bonds is 4. The molecule has 3 heterocycles. The minimum absolute atomic E-state index is 0.782. The molecule has 3 aromatic rings. The molecule has 0 saturated heterocycles. The van der Waals surface area contributed by atoms with Gasteiger partial charge in [-0.1, -0.05) is 15.9 Å². The van der Waals surface area contributed by atoms with Crippen molar-refractivity contribution >= 4 is 21.6 Å². The summed E-state index contributed by atoms with van der Waals surface area (Å²) in [6, 6.07) is 4.01. The van der Waals surface area contributed by atoms with Crippen LogP contribution in [0.15, 0.2) is 41.4 Å². The van der Waals surface area contributed by atoms with E-state index in [4.69, 9.17) is 0 Å². The third kappa shape index (κ3) is 2.85. The molecular weight excluding hydrogens is 306 g/mol. The number of H-pyrrole nitrogens is 1. The molecule has 0 aliphatic heterocycles. The minimum atomic E-state index is 0.782. The number of imidazole rings is 2. The Bertz CT molecular complexity index is 673. The maximum absolute atomic E-state index is 4.60. The SMILES string of the molecule is CN(Cc1cn2ccc(Br)cc2n1)Cc1ncc[nH]1. The zero-order valence-electron chi connectivity index (χ0n) is 10.5. The standard InChI is InChI=1S/C13H14BrN5/c1-18(9-12-15-3-4-16-12)7-11-8-19-5-2-10(14)6-13(19)17-11/h2-6,8H,7,9H2,1H3,(H,15,16). The van der Waals surface area contributed by atoms with Gasteiger partial charge in [-0.2, -0.15) is 0 Å². The van der Waals surface area contributed by atoms with Gasteiger partial charge in [0.25, 0.3) is 0 Å². The number of halogens is 1. The third-order valence-corrected chi connectivity index (χ3v) is 3.37. The summed E-state index contributed by atoms with van der Waals surface area (Å²) in [6.45, 7) is 1.57. The molecule has 1 N–H and O–H groups in total. The van der Waals surface area contributed by atoms with Crippen LogP contribution in [0.5, 0.6) is 0 Å². The molecule has 0 aliphatic carbocycles. The Labute approximate surface area is 119 Å². The second-order valence-electron chi connectivity index (χ2n) is 4.55. The quantitative estimate of drug-likeness (QED) is 0.803. The van der Waals surface area contributed by atoms with E-state index in [0.717, 1.165) is 34.7 Å². The Balaban J connectivity index is 1.74. The topological polar surface area (TPSA) is 49.2 Å². The summed E-state index contributed by atoms with van der Waals surface area (Å²) in [6.07, 6.45) is 7.67. The molecule has 0 aliphatic rings. The molecule has 0 amide bonds. The van der Waals surface area contributed by atoms with E-state index in [1.807, 2.05) is 28.9 Å². The van der Waals surface area contributed by atoms with Crippen LogP contribution in [0.25, 0.3) is 5.65 Å². The van der Waals surface area contributed by atoms with Crippen LogP contribution >= 0.6 is 15.9 Å². The zero-order chi connectivity index (χ0) is 13.2. The molecule has 0 saturated carbocycles. The molecule has 19 heavy (non-hydrogen) atoms. The zero-order valence-corrected chi connectivity index (χ0v) is 12.1. The number of pyridine rings is 1. The summed E-state index contributed by atoms with van der Waals surface area (Å²) in [7, 11) is 2.06. The van der Waals surface area contributed by atoms with Crippen LogP contribution in [0.4, 0.5) is 0 Å². The fraction of sp³-hybridized carbons (Fsp3) is 0.231. The van der Waals surface area contributed by atoms with Crippen LogP contribution in [0.3, 0.4) is 0 Å². The van der Waals surface area contributed by atoms with Crippen molar-refractivity contribution in [3.8, 4) is 0 Å². The lowest BCUT2D eigenvalue weighted by atomic mass is 10.4. The van der Waals surface area contributed by atoms with E-state index in [1.54, 1.807) is 6.20 Å². The average molecular weight is 320 g/mol. The highest BCUT2D eigenvalue weighted by Gasteiger charge is 2.07. The highest BCUT2D eigenvalue weighted by atomic mass is 79.9. The van der Waals surface area contributed by atoms with E-state index in [1.165, 1.54) is 0 Å². The number of aromatic nitrogens is 4. The van der Waals surface area contributed by atoms with Crippen LogP contribution in [0.2, 0.25) is 0 Å². The molecule has 0 bridgehead atoms. The Kier molecular flexibility index (Phi) is 3.35. The summed E-state index contributed by atoms with van der Waals surface area (Å²) >= 11 is 3.46. The van der Waals surface area contributed by atoms with E-state index >= 15 is 0 Å². The molecular formula is C13H14BrN5. The lowest BCUT2D eigenvalue weighted by Gasteiger charge is -2.12. The number of hydrogen-bond donors (Lipinski definition) is 1. The molecule has 5 nitrogen and oxygen atoms in total. The molecule has 3 aromatic heterocycles. The highest BCUT2D eigenvalue weighted by molar-refractivity contribution is 9.10. The van der Waals surface area contributed by atoms with E-state index < -0.39 is 0 Å². The number of aromatic amines is 1. The molecule has 0 radical (unpaired) electrons. The third-order valence-electron chi connectivity index (χ3n) is 2.88. The van der Waals surface area contributed by atoms with Gasteiger partial charge in [-0.15, -0.1) is 0 Å². The Morgan fingerprint density at radius 1 is 1.42 bits per heavy atom. The predicted octanol–water partition coefficient (Wildman–Crippen LogP) is 2.45. The van der Waals surface area contributed by atoms with Gasteiger partial charge in [-0.05, 0) is 19.2 Å². The van der Waals surface area contributed by atoms with Gasteiger partial charge >= 0.3 is 0 Å². The molecule has 0 aromatic carbocycles. The van der Waals surface area contributed by atoms with Gasteiger partial charge in [0.05, 0.1) is 12.2 Å². The van der Waals surface area contributed by atoms with Crippen molar-refractivity contribution in [1.29, 1.82) is 0 Å². The molecule has 3 rings (SSSR count). The van der Waals surface area contributed by atoms with Crippen LogP contribution in [0, 0.1) is 0 Å². The van der Waals surface area contributed by atoms with E-state index in [9.17, 15) is 0 Å². The Morgan fingerprint density at radius 3 is 3.11 bits per heavy atom. The number of nitrogens with one attached hydrogen (secondary N) is 1. The van der Waals surface area contributed by atoms with E-state index in [-0.39, 0.29) is 0 Å². The van der Waals surface area contributed by atoms with Gasteiger partial charge in [0.15, 0.2) is 0 Å². The summed E-state index contributed by atoms with van der Waals surface area (Å²) in [5, 5.41) is 0. The van der Waals surface area contributed by atoms with Gasteiger partial charge < -0.3 is 9.38 Å². The smallest absolute Gasteiger partial charge is 0.138 e. The van der Waals surface area contributed by atoms with Crippen LogP contribution in [-0.2, 0) is 13.1 Å². The largest absolute Gasteiger partial charge is 0.348 e. The Morgan fingerprint density at radius 2 is 2.32 bits per heavy atom. The maximum Gasteiger partial charge on any atom is 0.138 e. The van der Waals surface area contributed by atoms with Crippen molar-refractivity contribution in [2.75, 3.05) is 7.05 Å². The lowest BCUT2D eigenvalue weighted by Crippen LogP contribution is -2.18. The molecule has 0 atom stereocenters. The van der Waals surface area contributed by atoms with Gasteiger partial charge in [0.1, 0.15) is 11.5 Å². The summed E-state index contributed by atoms with van der Waals surface area (Å²) in [5.41, 5.74) is 2.00. The molecule has 6 heteroatoms. The van der Waals surface area contributed by atoms with Crippen molar-refractivity contribution < 1.29 is 0 Å². The molecule has 0 spiro atoms. The second-order valence-corrected chi connectivity index (χ2v) is 5.47. The van der Waals surface area contributed by atoms with Crippen LogP contribution in [-0.4, -0.2) is 31.3 Å². The maximum atomic E-state index is 4.60. The molecule has 0 unspecified atom stereocenters. The van der Waals surface area contributed by atoms with Gasteiger partial charge in [-0.25, -0.2) is 9.97 Å². The fourth-order valence-electron chi connectivity index (χ4n) is 2.06. The van der Waals surface area contributed by atoms with Crippen molar-refractivity contribution in [2.24, 2.45) is 0 Å². The van der Waals surface area contributed by atoms with E-state index in [2.05, 4.69) is 49.0 Å². The number of fused-ring (bicyclic) bond motifs is 1. The van der Waals surface area contributed by atoms with Crippen molar-refractivity contribution in [3.05, 3.63) is 52.9 Å². The monoisotopic (exact) mass is 319 g/mol. The summed E-state index contributed by atoms with van der Waals surface area (Å²) < 4.78 is 3.07. The van der Waals surface area contributed by atoms with Crippen molar-refractivity contribution in [2.45, 2.75) is 13.1 Å². The van der Waals surface area contributed by atoms with Gasteiger partial charge in [0, 0.05) is 35.8 Å². The molecule has 98 valence electrons. The summed E-state index contributed by atoms with van der Waals surface area (Å²) in [4.78, 5) is 14.1. The normalized spacial score (nSPS) is 11.5. The average Bonchev–Trinajstić information content (AvgIpc) is 2.97. The first-order valence-electron chi connectivity index (χ1n) is 6.00. The predicted molar refractivity (Wildman–Crippen MR) is 76.7 cm³/mol. The summed E-state index contributed by atoms with van der Waals surface area (Å²) in [5.74, 6) is 0.967. The molecule has 0 fully saturated rings. The number of hydrogen-bond acceptors (Lipinski definition) is 3.